The fraction of sp³-hybridized carbons (Fsp3) is 0.389. The van der Waals surface area contributed by atoms with E-state index in [9.17, 15) is 13.2 Å². The number of pyridine rings is 1. The summed E-state index contributed by atoms with van der Waals surface area (Å²) in [6.45, 7) is 5.49. The van der Waals surface area contributed by atoms with Crippen LogP contribution >= 0.6 is 0 Å². The summed E-state index contributed by atoms with van der Waals surface area (Å²) >= 11 is 0. The molecule has 0 unspecified atom stereocenters. The van der Waals surface area contributed by atoms with Crippen LogP contribution < -0.4 is 4.90 Å². The van der Waals surface area contributed by atoms with Crippen molar-refractivity contribution in [1.29, 1.82) is 0 Å². The molecular weight excluding hydrogens is 359 g/mol. The molecule has 1 aliphatic rings. The Kier molecular flexibility index (Phi) is 4.47. The highest BCUT2D eigenvalue weighted by Crippen LogP contribution is 2.33. The number of nitrogens with zero attached hydrogens (tertiary/aromatic N) is 5. The third kappa shape index (κ3) is 3.73. The van der Waals surface area contributed by atoms with Gasteiger partial charge >= 0.3 is 6.18 Å². The molecule has 0 atom stereocenters. The maximum absolute atomic E-state index is 12.9. The van der Waals surface area contributed by atoms with Crippen LogP contribution in [-0.4, -0.2) is 46.2 Å². The molecule has 0 N–H and O–H groups in total. The number of hydrogen-bond acceptors (Lipinski definition) is 6. The first-order valence-corrected chi connectivity index (χ1v) is 8.62. The van der Waals surface area contributed by atoms with Gasteiger partial charge < -0.3 is 9.42 Å². The molecular formula is C18H18F3N5O. The van der Waals surface area contributed by atoms with Crippen LogP contribution in [-0.2, 0) is 12.7 Å². The van der Waals surface area contributed by atoms with Crippen LogP contribution in [0.1, 0.15) is 17.3 Å². The van der Waals surface area contributed by atoms with Crippen molar-refractivity contribution in [3.8, 4) is 0 Å². The van der Waals surface area contributed by atoms with Crippen LogP contribution in [0.4, 0.5) is 18.9 Å². The molecule has 0 saturated carbocycles. The van der Waals surface area contributed by atoms with Gasteiger partial charge in [-0.3, -0.25) is 9.88 Å². The van der Waals surface area contributed by atoms with Gasteiger partial charge in [-0.25, -0.2) is 0 Å². The lowest BCUT2D eigenvalue weighted by Crippen LogP contribution is -2.46. The molecule has 4 rings (SSSR count). The average molecular weight is 377 g/mol. The molecule has 1 fully saturated rings. The van der Waals surface area contributed by atoms with E-state index >= 15 is 0 Å². The Bertz CT molecular complexity index is 948. The SMILES string of the molecule is Cc1noc(CN2CCN(c3ccnc4cc(C(F)(F)F)ccc34)CC2)n1. The average Bonchev–Trinajstić information content (AvgIpc) is 3.05. The number of halogens is 3. The van der Waals surface area contributed by atoms with Crippen molar-refractivity contribution >= 4 is 16.6 Å². The Morgan fingerprint density at radius 2 is 1.89 bits per heavy atom. The van der Waals surface area contributed by atoms with E-state index in [1.54, 1.807) is 13.1 Å². The summed E-state index contributed by atoms with van der Waals surface area (Å²) < 4.78 is 44.0. The molecule has 27 heavy (non-hydrogen) atoms. The minimum Gasteiger partial charge on any atom is -0.368 e. The number of alkyl halides is 3. The molecule has 0 aliphatic carbocycles. The number of piperazine rings is 1. The molecule has 6 nitrogen and oxygen atoms in total. The number of benzene rings is 1. The van der Waals surface area contributed by atoms with E-state index in [0.717, 1.165) is 49.4 Å². The molecule has 142 valence electrons. The van der Waals surface area contributed by atoms with Crippen molar-refractivity contribution in [2.24, 2.45) is 0 Å². The van der Waals surface area contributed by atoms with Crippen LogP contribution in [0, 0.1) is 6.92 Å². The number of aryl methyl sites for hydroxylation is 1. The Morgan fingerprint density at radius 3 is 2.56 bits per heavy atom. The van der Waals surface area contributed by atoms with E-state index in [2.05, 4.69) is 24.9 Å². The molecule has 1 aromatic carbocycles. The van der Waals surface area contributed by atoms with Crippen LogP contribution in [0.3, 0.4) is 0 Å². The van der Waals surface area contributed by atoms with Gasteiger partial charge in [0.1, 0.15) is 0 Å². The number of fused-ring (bicyclic) bond motifs is 1. The second-order valence-corrected chi connectivity index (χ2v) is 6.56. The minimum absolute atomic E-state index is 0.353. The van der Waals surface area contributed by atoms with Crippen molar-refractivity contribution in [1.82, 2.24) is 20.0 Å². The summed E-state index contributed by atoms with van der Waals surface area (Å²) in [7, 11) is 0. The highest BCUT2D eigenvalue weighted by molar-refractivity contribution is 5.92. The summed E-state index contributed by atoms with van der Waals surface area (Å²) in [5, 5.41) is 4.52. The summed E-state index contributed by atoms with van der Waals surface area (Å²) in [6.07, 6.45) is -2.81. The minimum atomic E-state index is -4.37. The summed E-state index contributed by atoms with van der Waals surface area (Å²) in [5.74, 6) is 1.21. The Balaban J connectivity index is 1.50. The maximum atomic E-state index is 12.9. The molecule has 1 saturated heterocycles. The summed E-state index contributed by atoms with van der Waals surface area (Å²) in [4.78, 5) is 12.7. The molecule has 0 radical (unpaired) electrons. The highest BCUT2D eigenvalue weighted by atomic mass is 19.4. The summed E-state index contributed by atoms with van der Waals surface area (Å²) in [5.41, 5.74) is 0.576. The lowest BCUT2D eigenvalue weighted by molar-refractivity contribution is -0.137. The molecule has 0 amide bonds. The fourth-order valence-corrected chi connectivity index (χ4v) is 3.33. The van der Waals surface area contributed by atoms with Gasteiger partial charge in [-0.1, -0.05) is 11.2 Å². The van der Waals surface area contributed by atoms with E-state index in [-0.39, 0.29) is 0 Å². The number of hydrogen-bond donors (Lipinski definition) is 0. The first-order chi connectivity index (χ1) is 12.9. The fourth-order valence-electron chi connectivity index (χ4n) is 3.33. The van der Waals surface area contributed by atoms with E-state index in [1.165, 1.54) is 6.07 Å². The van der Waals surface area contributed by atoms with Gasteiger partial charge in [0, 0.05) is 43.4 Å². The van der Waals surface area contributed by atoms with Crippen molar-refractivity contribution in [3.05, 3.63) is 47.7 Å². The van der Waals surface area contributed by atoms with Crippen LogP contribution in [0.5, 0.6) is 0 Å². The van der Waals surface area contributed by atoms with Gasteiger partial charge in [-0.2, -0.15) is 18.2 Å². The van der Waals surface area contributed by atoms with Crippen molar-refractivity contribution in [2.75, 3.05) is 31.1 Å². The quantitative estimate of drug-likeness (QED) is 0.698. The summed E-state index contributed by atoms with van der Waals surface area (Å²) in [6, 6.07) is 5.58. The van der Waals surface area contributed by atoms with Crippen molar-refractivity contribution < 1.29 is 17.7 Å². The molecule has 0 spiro atoms. The molecule has 3 aromatic rings. The smallest absolute Gasteiger partial charge is 0.368 e. The molecule has 1 aliphatic heterocycles. The zero-order valence-electron chi connectivity index (χ0n) is 14.7. The second-order valence-electron chi connectivity index (χ2n) is 6.56. The van der Waals surface area contributed by atoms with Crippen LogP contribution in [0.25, 0.3) is 10.9 Å². The van der Waals surface area contributed by atoms with Crippen LogP contribution in [0.2, 0.25) is 0 Å². The molecule has 2 aromatic heterocycles. The van der Waals surface area contributed by atoms with Gasteiger partial charge in [0.05, 0.1) is 17.6 Å². The lowest BCUT2D eigenvalue weighted by Gasteiger charge is -2.35. The number of aromatic nitrogens is 3. The van der Waals surface area contributed by atoms with E-state index in [4.69, 9.17) is 4.52 Å². The number of anilines is 1. The van der Waals surface area contributed by atoms with E-state index in [0.29, 0.717) is 23.8 Å². The van der Waals surface area contributed by atoms with Crippen LogP contribution in [0.15, 0.2) is 35.0 Å². The Hall–Kier alpha value is -2.68. The monoisotopic (exact) mass is 377 g/mol. The lowest BCUT2D eigenvalue weighted by atomic mass is 10.1. The van der Waals surface area contributed by atoms with E-state index < -0.39 is 11.7 Å². The van der Waals surface area contributed by atoms with Gasteiger partial charge in [0.15, 0.2) is 5.82 Å². The molecule has 9 heteroatoms. The van der Waals surface area contributed by atoms with Crippen molar-refractivity contribution in [2.45, 2.75) is 19.6 Å². The standard InChI is InChI=1S/C18H18F3N5O/c1-12-23-17(27-24-12)11-25-6-8-26(9-7-25)16-4-5-22-15-10-13(18(19,20)21)2-3-14(15)16/h2-5,10H,6-9,11H2,1H3. The topological polar surface area (TPSA) is 58.3 Å². The Morgan fingerprint density at radius 1 is 1.11 bits per heavy atom. The zero-order valence-corrected chi connectivity index (χ0v) is 14.7. The number of rotatable bonds is 3. The first-order valence-electron chi connectivity index (χ1n) is 8.62. The second kappa shape index (κ2) is 6.80. The van der Waals surface area contributed by atoms with E-state index in [1.807, 2.05) is 6.07 Å². The van der Waals surface area contributed by atoms with Gasteiger partial charge in [0.25, 0.3) is 0 Å². The normalized spacial score (nSPS) is 16.2. The zero-order chi connectivity index (χ0) is 19.0. The maximum Gasteiger partial charge on any atom is 0.416 e. The Labute approximate surface area is 153 Å². The third-order valence-corrected chi connectivity index (χ3v) is 4.69. The highest BCUT2D eigenvalue weighted by Gasteiger charge is 2.31. The first kappa shape index (κ1) is 17.7. The third-order valence-electron chi connectivity index (χ3n) is 4.69. The van der Waals surface area contributed by atoms with Gasteiger partial charge in [0.2, 0.25) is 5.89 Å². The van der Waals surface area contributed by atoms with Crippen molar-refractivity contribution in [3.63, 3.8) is 0 Å². The molecule has 3 heterocycles. The predicted octanol–water partition coefficient (Wildman–Crippen LogP) is 3.27. The van der Waals surface area contributed by atoms with Gasteiger partial charge in [-0.05, 0) is 25.1 Å². The predicted molar refractivity (Wildman–Crippen MR) is 93.3 cm³/mol. The van der Waals surface area contributed by atoms with Gasteiger partial charge in [-0.15, -0.1) is 0 Å². The largest absolute Gasteiger partial charge is 0.416 e. The molecule has 0 bridgehead atoms.